The summed E-state index contributed by atoms with van der Waals surface area (Å²) < 4.78 is 11.4. The van der Waals surface area contributed by atoms with E-state index in [1.807, 2.05) is 24.4 Å². The molecule has 126 valence electrons. The minimum Gasteiger partial charge on any atom is -0.496 e. The Hall–Kier alpha value is -1.91. The lowest BCUT2D eigenvalue weighted by Gasteiger charge is -2.25. The van der Waals surface area contributed by atoms with Crippen molar-refractivity contribution < 1.29 is 9.47 Å². The van der Waals surface area contributed by atoms with Gasteiger partial charge in [0.2, 0.25) is 0 Å². The molecular weight excluding hydrogens is 300 g/mol. The average molecular weight is 324 g/mol. The van der Waals surface area contributed by atoms with Crippen LogP contribution < -0.4 is 10.1 Å². The lowest BCUT2D eigenvalue weighted by atomic mass is 9.92. The molecule has 0 radical (unpaired) electrons. The Kier molecular flexibility index (Phi) is 4.50. The van der Waals surface area contributed by atoms with Crippen molar-refractivity contribution in [3.8, 4) is 5.75 Å². The van der Waals surface area contributed by atoms with Crippen molar-refractivity contribution in [2.75, 3.05) is 13.7 Å². The lowest BCUT2D eigenvalue weighted by molar-refractivity contribution is 0.0998. The van der Waals surface area contributed by atoms with Crippen LogP contribution in [0, 0.1) is 5.92 Å². The molecule has 4 unspecified atom stereocenters. The first-order valence-corrected chi connectivity index (χ1v) is 8.74. The fraction of sp³-hybridized carbons (Fsp3) is 0.450. The molecule has 1 aromatic carbocycles. The Morgan fingerprint density at radius 1 is 1.21 bits per heavy atom. The van der Waals surface area contributed by atoms with E-state index in [2.05, 4.69) is 34.6 Å². The number of methoxy groups -OCH3 is 1. The summed E-state index contributed by atoms with van der Waals surface area (Å²) in [5.74, 6) is 1.93. The number of nitrogens with one attached hydrogen (secondary N) is 1. The second-order valence-electron chi connectivity index (χ2n) is 6.68. The van der Waals surface area contributed by atoms with E-state index in [1.54, 1.807) is 7.11 Å². The Labute approximate surface area is 143 Å². The molecule has 0 spiro atoms. The van der Waals surface area contributed by atoms with E-state index in [9.17, 15) is 0 Å². The van der Waals surface area contributed by atoms with Gasteiger partial charge in [0, 0.05) is 48.5 Å². The summed E-state index contributed by atoms with van der Waals surface area (Å²) in [6.07, 6.45) is 4.46. The molecule has 4 heteroatoms. The summed E-state index contributed by atoms with van der Waals surface area (Å²) in [5, 5.41) is 3.79. The zero-order chi connectivity index (χ0) is 16.4. The number of fused-ring (bicyclic) bond motifs is 1. The van der Waals surface area contributed by atoms with Gasteiger partial charge in [-0.3, -0.25) is 4.98 Å². The third-order valence-electron chi connectivity index (χ3n) is 5.43. The Morgan fingerprint density at radius 2 is 2.08 bits per heavy atom. The highest BCUT2D eigenvalue weighted by atomic mass is 16.5. The van der Waals surface area contributed by atoms with Crippen LogP contribution in [0.25, 0.3) is 0 Å². The topological polar surface area (TPSA) is 43.4 Å². The van der Waals surface area contributed by atoms with Crippen LogP contribution in [0.5, 0.6) is 5.75 Å². The highest BCUT2D eigenvalue weighted by Gasteiger charge is 2.47. The standard InChI is InChI=1S/C20H24N2O2/c1-23-18-8-3-2-6-14(18)13-22-20-15-9-11-24-19(15)12-16(20)17-7-4-5-10-21-17/h2-8,10,15-16,19-20,22H,9,11-13H2,1H3. The summed E-state index contributed by atoms with van der Waals surface area (Å²) in [4.78, 5) is 4.61. The molecule has 1 aromatic heterocycles. The van der Waals surface area contributed by atoms with Crippen molar-refractivity contribution in [3.63, 3.8) is 0 Å². The number of hydrogen-bond donors (Lipinski definition) is 1. The molecule has 0 amide bonds. The van der Waals surface area contributed by atoms with E-state index in [1.165, 1.54) is 11.3 Å². The van der Waals surface area contributed by atoms with Crippen molar-refractivity contribution in [1.82, 2.24) is 10.3 Å². The predicted molar refractivity (Wildman–Crippen MR) is 93.1 cm³/mol. The molecule has 1 saturated carbocycles. The Bertz CT molecular complexity index is 676. The quantitative estimate of drug-likeness (QED) is 0.917. The number of aromatic nitrogens is 1. The van der Waals surface area contributed by atoms with Gasteiger partial charge in [0.25, 0.3) is 0 Å². The first kappa shape index (κ1) is 15.6. The number of ether oxygens (including phenoxy) is 2. The van der Waals surface area contributed by atoms with E-state index in [0.29, 0.717) is 24.0 Å². The van der Waals surface area contributed by atoms with Gasteiger partial charge in [0.05, 0.1) is 13.2 Å². The molecule has 2 aliphatic rings. The van der Waals surface area contributed by atoms with E-state index >= 15 is 0 Å². The largest absolute Gasteiger partial charge is 0.496 e. The summed E-state index contributed by atoms with van der Waals surface area (Å²) in [6, 6.07) is 14.8. The average Bonchev–Trinajstić information content (AvgIpc) is 3.22. The SMILES string of the molecule is COc1ccccc1CNC1C(c2ccccn2)CC2OCCC21. The first-order valence-electron chi connectivity index (χ1n) is 8.74. The van der Waals surface area contributed by atoms with Crippen LogP contribution in [0.15, 0.2) is 48.7 Å². The van der Waals surface area contributed by atoms with Crippen LogP contribution in [-0.2, 0) is 11.3 Å². The summed E-state index contributed by atoms with van der Waals surface area (Å²) in [6.45, 7) is 1.69. The van der Waals surface area contributed by atoms with Crippen molar-refractivity contribution in [1.29, 1.82) is 0 Å². The Morgan fingerprint density at radius 3 is 2.92 bits per heavy atom. The molecule has 2 fully saturated rings. The molecule has 1 aliphatic carbocycles. The van der Waals surface area contributed by atoms with Crippen LogP contribution in [0.3, 0.4) is 0 Å². The van der Waals surface area contributed by atoms with E-state index in [-0.39, 0.29) is 0 Å². The fourth-order valence-electron chi connectivity index (χ4n) is 4.28. The van der Waals surface area contributed by atoms with Crippen molar-refractivity contribution in [2.24, 2.45) is 5.92 Å². The maximum atomic E-state index is 5.96. The summed E-state index contributed by atoms with van der Waals surface area (Å²) in [7, 11) is 1.73. The molecule has 2 heterocycles. The van der Waals surface area contributed by atoms with Gasteiger partial charge in [0.1, 0.15) is 5.75 Å². The van der Waals surface area contributed by atoms with Crippen LogP contribution in [-0.4, -0.2) is 30.8 Å². The van der Waals surface area contributed by atoms with Gasteiger partial charge in [-0.05, 0) is 31.0 Å². The van der Waals surface area contributed by atoms with Crippen LogP contribution >= 0.6 is 0 Å². The number of rotatable bonds is 5. The molecule has 1 aliphatic heterocycles. The number of benzene rings is 1. The molecule has 0 bridgehead atoms. The van der Waals surface area contributed by atoms with Gasteiger partial charge >= 0.3 is 0 Å². The first-order chi connectivity index (χ1) is 11.9. The normalized spacial score (nSPS) is 28.7. The summed E-state index contributed by atoms with van der Waals surface area (Å²) in [5.41, 5.74) is 2.37. The van der Waals surface area contributed by atoms with Gasteiger partial charge < -0.3 is 14.8 Å². The third kappa shape index (κ3) is 2.92. The van der Waals surface area contributed by atoms with Crippen LogP contribution in [0.2, 0.25) is 0 Å². The van der Waals surface area contributed by atoms with E-state index in [4.69, 9.17) is 9.47 Å². The molecule has 4 nitrogen and oxygen atoms in total. The fourth-order valence-corrected chi connectivity index (χ4v) is 4.28. The maximum absolute atomic E-state index is 5.96. The minimum absolute atomic E-state index is 0.368. The predicted octanol–water partition coefficient (Wildman–Crippen LogP) is 3.14. The molecule has 4 rings (SSSR count). The van der Waals surface area contributed by atoms with Crippen molar-refractivity contribution in [2.45, 2.75) is 37.5 Å². The number of nitrogens with zero attached hydrogens (tertiary/aromatic N) is 1. The van der Waals surface area contributed by atoms with E-state index < -0.39 is 0 Å². The van der Waals surface area contributed by atoms with Gasteiger partial charge in [-0.15, -0.1) is 0 Å². The molecule has 24 heavy (non-hydrogen) atoms. The zero-order valence-corrected chi connectivity index (χ0v) is 14.0. The Balaban J connectivity index is 1.54. The van der Waals surface area contributed by atoms with Gasteiger partial charge in [0.15, 0.2) is 0 Å². The lowest BCUT2D eigenvalue weighted by Crippen LogP contribution is -2.37. The van der Waals surface area contributed by atoms with Crippen molar-refractivity contribution in [3.05, 3.63) is 59.9 Å². The number of hydrogen-bond acceptors (Lipinski definition) is 4. The summed E-state index contributed by atoms with van der Waals surface area (Å²) >= 11 is 0. The van der Waals surface area contributed by atoms with Crippen LogP contribution in [0.1, 0.15) is 30.0 Å². The maximum Gasteiger partial charge on any atom is 0.123 e. The smallest absolute Gasteiger partial charge is 0.123 e. The van der Waals surface area contributed by atoms with Gasteiger partial charge in [-0.25, -0.2) is 0 Å². The highest BCUT2D eigenvalue weighted by molar-refractivity contribution is 5.33. The molecule has 4 atom stereocenters. The van der Waals surface area contributed by atoms with Crippen molar-refractivity contribution >= 4 is 0 Å². The van der Waals surface area contributed by atoms with E-state index in [0.717, 1.165) is 31.7 Å². The third-order valence-corrected chi connectivity index (χ3v) is 5.43. The van der Waals surface area contributed by atoms with Crippen LogP contribution in [0.4, 0.5) is 0 Å². The second-order valence-corrected chi connectivity index (χ2v) is 6.68. The number of pyridine rings is 1. The highest BCUT2D eigenvalue weighted by Crippen LogP contribution is 2.44. The van der Waals surface area contributed by atoms with Gasteiger partial charge in [-0.1, -0.05) is 24.3 Å². The molecule has 2 aromatic rings. The molecular formula is C20H24N2O2. The second kappa shape index (κ2) is 6.91. The van der Waals surface area contributed by atoms with Gasteiger partial charge in [-0.2, -0.15) is 0 Å². The molecule has 1 N–H and O–H groups in total. The monoisotopic (exact) mass is 324 g/mol. The number of para-hydroxylation sites is 1. The minimum atomic E-state index is 0.368. The zero-order valence-electron chi connectivity index (χ0n) is 14.0. The molecule has 1 saturated heterocycles.